The van der Waals surface area contributed by atoms with Gasteiger partial charge >= 0.3 is 11.9 Å². The molecule has 1 amide bonds. The summed E-state index contributed by atoms with van der Waals surface area (Å²) in [6.07, 6.45) is 0. The molecule has 0 spiro atoms. The van der Waals surface area contributed by atoms with E-state index in [2.05, 4.69) is 0 Å². The lowest BCUT2D eigenvalue weighted by Gasteiger charge is -2.22. The third kappa shape index (κ3) is 4.69. The molecule has 5 heteroatoms. The van der Waals surface area contributed by atoms with Crippen molar-refractivity contribution in [1.29, 1.82) is 0 Å². The zero-order valence-electron chi connectivity index (χ0n) is 11.6. The number of carbonyl (C=O) groups excluding carboxylic acids is 2. The monoisotopic (exact) mass is 267 g/mol. The molecular weight excluding hydrogens is 249 g/mol. The van der Waals surface area contributed by atoms with E-state index in [1.807, 2.05) is 0 Å². The van der Waals surface area contributed by atoms with Gasteiger partial charge in [0.05, 0.1) is 0 Å². The molecule has 0 heterocycles. The predicted molar refractivity (Wildman–Crippen MR) is 68.7 cm³/mol. The minimum atomic E-state index is -0.939. The quantitative estimate of drug-likeness (QED) is 0.609. The van der Waals surface area contributed by atoms with Gasteiger partial charge in [0, 0.05) is 19.2 Å². The number of nitrogens with zero attached hydrogens (tertiary/aromatic N) is 1. The number of likely N-dealkylation sites (N-methyl/N-ethyl adjacent to an activating group) is 1. The summed E-state index contributed by atoms with van der Waals surface area (Å²) in [7, 11) is 1.43. The van der Waals surface area contributed by atoms with Crippen LogP contribution in [0.15, 0.2) is 24.3 Å². The Morgan fingerprint density at radius 2 is 1.84 bits per heavy atom. The first-order chi connectivity index (χ1) is 8.70. The minimum absolute atomic E-state index is 0.0186. The molecule has 0 aliphatic carbocycles. The molecule has 0 saturated carbocycles. The van der Waals surface area contributed by atoms with E-state index in [0.29, 0.717) is 5.56 Å². The van der Waals surface area contributed by atoms with Crippen molar-refractivity contribution in [3.63, 3.8) is 0 Å². The lowest BCUT2D eigenvalue weighted by atomic mass is 10.2. The first kappa shape index (κ1) is 15.1. The molecule has 0 unspecified atom stereocenters. The van der Waals surface area contributed by atoms with Gasteiger partial charge in [-0.25, -0.2) is 9.18 Å². The molecule has 0 atom stereocenters. The first-order valence-corrected chi connectivity index (χ1v) is 5.92. The average Bonchev–Trinajstić information content (AvgIpc) is 2.28. The summed E-state index contributed by atoms with van der Waals surface area (Å²) < 4.78 is 18.4. The maximum Gasteiger partial charge on any atom is 0.397 e. The lowest BCUT2D eigenvalue weighted by molar-refractivity contribution is -0.167. The number of benzene rings is 1. The second kappa shape index (κ2) is 5.82. The zero-order valence-corrected chi connectivity index (χ0v) is 11.6. The predicted octanol–water partition coefficient (Wildman–Crippen LogP) is 2.13. The summed E-state index contributed by atoms with van der Waals surface area (Å²) in [4.78, 5) is 24.5. The van der Waals surface area contributed by atoms with E-state index >= 15 is 0 Å². The van der Waals surface area contributed by atoms with E-state index in [9.17, 15) is 14.0 Å². The number of rotatable bonds is 2. The van der Waals surface area contributed by atoms with Crippen molar-refractivity contribution in [1.82, 2.24) is 4.90 Å². The Kier molecular flexibility index (Phi) is 4.64. The van der Waals surface area contributed by atoms with E-state index in [-0.39, 0.29) is 6.54 Å². The van der Waals surface area contributed by atoms with Gasteiger partial charge in [-0.15, -0.1) is 0 Å². The van der Waals surface area contributed by atoms with Crippen LogP contribution in [0.3, 0.4) is 0 Å². The smallest absolute Gasteiger partial charge is 0.397 e. The summed E-state index contributed by atoms with van der Waals surface area (Å²) in [6.45, 7) is 5.05. The summed E-state index contributed by atoms with van der Waals surface area (Å²) in [5, 5.41) is 0. The fourth-order valence-corrected chi connectivity index (χ4v) is 1.43. The summed E-state index contributed by atoms with van der Waals surface area (Å²) in [5.41, 5.74) is -0.382. The molecule has 0 radical (unpaired) electrons. The second-order valence-corrected chi connectivity index (χ2v) is 5.25. The van der Waals surface area contributed by atoms with Crippen LogP contribution in [-0.4, -0.2) is 29.4 Å². The first-order valence-electron chi connectivity index (χ1n) is 5.92. The number of halogens is 1. The highest BCUT2D eigenvalue weighted by Gasteiger charge is 2.26. The van der Waals surface area contributed by atoms with Gasteiger partial charge in [-0.1, -0.05) is 18.2 Å². The zero-order chi connectivity index (χ0) is 14.6. The van der Waals surface area contributed by atoms with Crippen LogP contribution >= 0.6 is 0 Å². The molecule has 104 valence electrons. The summed E-state index contributed by atoms with van der Waals surface area (Å²) in [5.74, 6) is -2.14. The van der Waals surface area contributed by atoms with Gasteiger partial charge in [-0.3, -0.25) is 4.79 Å². The van der Waals surface area contributed by atoms with E-state index in [0.717, 1.165) is 4.90 Å². The van der Waals surface area contributed by atoms with Crippen molar-refractivity contribution in [3.8, 4) is 0 Å². The Hall–Kier alpha value is -1.91. The summed E-state index contributed by atoms with van der Waals surface area (Å²) in [6, 6.07) is 6.11. The largest absolute Gasteiger partial charge is 0.453 e. The van der Waals surface area contributed by atoms with Crippen LogP contribution < -0.4 is 0 Å². The van der Waals surface area contributed by atoms with Crippen LogP contribution in [0.4, 0.5) is 4.39 Å². The number of esters is 1. The fraction of sp³-hybridized carbons (Fsp3) is 0.429. The molecule has 0 aromatic heterocycles. The SMILES string of the molecule is CN(Cc1ccccc1F)C(=O)C(=O)OC(C)(C)C. The molecule has 1 aromatic carbocycles. The Morgan fingerprint density at radius 1 is 1.26 bits per heavy atom. The van der Waals surface area contributed by atoms with Crippen LogP contribution in [0.5, 0.6) is 0 Å². The number of hydrogen-bond donors (Lipinski definition) is 0. The van der Waals surface area contributed by atoms with E-state index < -0.39 is 23.3 Å². The highest BCUT2D eigenvalue weighted by Crippen LogP contribution is 2.11. The highest BCUT2D eigenvalue weighted by atomic mass is 19.1. The topological polar surface area (TPSA) is 46.6 Å². The molecule has 0 aliphatic rings. The number of carbonyl (C=O) groups is 2. The molecule has 0 bridgehead atoms. The van der Waals surface area contributed by atoms with Gasteiger partial charge in [0.15, 0.2) is 0 Å². The standard InChI is InChI=1S/C14H18FNO3/c1-14(2,3)19-13(18)12(17)16(4)9-10-7-5-6-8-11(10)15/h5-8H,9H2,1-4H3. The lowest BCUT2D eigenvalue weighted by Crippen LogP contribution is -2.38. The molecule has 4 nitrogen and oxygen atoms in total. The minimum Gasteiger partial charge on any atom is -0.453 e. The Bertz CT molecular complexity index is 480. The van der Waals surface area contributed by atoms with Gasteiger partial charge in [0.1, 0.15) is 11.4 Å². The van der Waals surface area contributed by atoms with Crippen LogP contribution in [-0.2, 0) is 20.9 Å². The highest BCUT2D eigenvalue weighted by molar-refractivity contribution is 6.32. The van der Waals surface area contributed by atoms with Crippen molar-refractivity contribution in [2.24, 2.45) is 0 Å². The van der Waals surface area contributed by atoms with Crippen molar-refractivity contribution in [2.75, 3.05) is 7.05 Å². The van der Waals surface area contributed by atoms with Crippen LogP contribution in [0.25, 0.3) is 0 Å². The van der Waals surface area contributed by atoms with Gasteiger partial charge in [0.25, 0.3) is 0 Å². The third-order valence-electron chi connectivity index (χ3n) is 2.29. The van der Waals surface area contributed by atoms with E-state index in [1.165, 1.54) is 13.1 Å². The van der Waals surface area contributed by atoms with Gasteiger partial charge in [0.2, 0.25) is 0 Å². The number of amides is 1. The van der Waals surface area contributed by atoms with Crippen molar-refractivity contribution >= 4 is 11.9 Å². The Labute approximate surface area is 112 Å². The Balaban J connectivity index is 2.68. The maximum absolute atomic E-state index is 13.4. The second-order valence-electron chi connectivity index (χ2n) is 5.25. The molecule has 1 rings (SSSR count). The number of ether oxygens (including phenoxy) is 1. The Morgan fingerprint density at radius 3 is 2.37 bits per heavy atom. The van der Waals surface area contributed by atoms with E-state index in [4.69, 9.17) is 4.74 Å². The number of hydrogen-bond acceptors (Lipinski definition) is 3. The molecular formula is C14H18FNO3. The third-order valence-corrected chi connectivity index (χ3v) is 2.29. The van der Waals surface area contributed by atoms with Gasteiger partial charge in [-0.2, -0.15) is 0 Å². The molecule has 0 N–H and O–H groups in total. The van der Waals surface area contributed by atoms with Crippen molar-refractivity contribution in [2.45, 2.75) is 32.9 Å². The fourth-order valence-electron chi connectivity index (χ4n) is 1.43. The molecule has 1 aromatic rings. The van der Waals surface area contributed by atoms with Gasteiger partial charge in [-0.05, 0) is 26.8 Å². The summed E-state index contributed by atoms with van der Waals surface area (Å²) >= 11 is 0. The van der Waals surface area contributed by atoms with Crippen molar-refractivity contribution in [3.05, 3.63) is 35.6 Å². The molecule has 0 fully saturated rings. The van der Waals surface area contributed by atoms with E-state index in [1.54, 1.807) is 39.0 Å². The maximum atomic E-state index is 13.4. The van der Waals surface area contributed by atoms with Crippen LogP contribution in [0.2, 0.25) is 0 Å². The molecule has 0 aliphatic heterocycles. The van der Waals surface area contributed by atoms with Gasteiger partial charge < -0.3 is 9.64 Å². The normalized spacial score (nSPS) is 11.0. The molecule has 19 heavy (non-hydrogen) atoms. The average molecular weight is 267 g/mol. The molecule has 0 saturated heterocycles. The van der Waals surface area contributed by atoms with Crippen LogP contribution in [0.1, 0.15) is 26.3 Å². The van der Waals surface area contributed by atoms with Crippen molar-refractivity contribution < 1.29 is 18.7 Å². The van der Waals surface area contributed by atoms with Crippen LogP contribution in [0, 0.1) is 5.82 Å².